The Morgan fingerprint density at radius 1 is 0.377 bits per heavy atom. The second-order valence-electron chi connectivity index (χ2n) is 30.7. The lowest BCUT2D eigenvalue weighted by atomic mass is 9.91. The number of carbonyl (C=O) groups is 9. The van der Waals surface area contributed by atoms with Gasteiger partial charge in [0.15, 0.2) is 0 Å². The molecule has 1 saturated heterocycles. The second kappa shape index (κ2) is 64.1. The van der Waals surface area contributed by atoms with Crippen molar-refractivity contribution < 1.29 is 140 Å². The van der Waals surface area contributed by atoms with Crippen LogP contribution in [0.25, 0.3) is 0 Å². The summed E-state index contributed by atoms with van der Waals surface area (Å²) in [5.74, 6) is -2.41. The van der Waals surface area contributed by atoms with Gasteiger partial charge in [0.05, 0.1) is 71.9 Å². The zero-order valence-corrected chi connectivity index (χ0v) is 80.7. The molecule has 0 saturated carbocycles. The highest BCUT2D eigenvalue weighted by atomic mass is 28.4. The van der Waals surface area contributed by atoms with Gasteiger partial charge < -0.3 is 96.7 Å². The number of carbonyl (C=O) groups excluding carboxylic acids is 9. The van der Waals surface area contributed by atoms with Gasteiger partial charge in [-0.3, -0.25) is 33.6 Å². The van der Waals surface area contributed by atoms with Gasteiger partial charge in [-0.15, -0.1) is 0 Å². The topological polar surface area (TPSA) is 362 Å². The van der Waals surface area contributed by atoms with Crippen molar-refractivity contribution in [3.8, 4) is 0 Å². The molecule has 1 heterocycles. The number of epoxide rings is 1. The lowest BCUT2D eigenvalue weighted by Crippen LogP contribution is -2.42. The second-order valence-corrected chi connectivity index (χ2v) is 44.1. The molecule has 0 amide bonds. The van der Waals surface area contributed by atoms with Crippen molar-refractivity contribution in [2.45, 2.75) is 266 Å². The van der Waals surface area contributed by atoms with Gasteiger partial charge in [-0.25, -0.2) is 9.59 Å². The summed E-state index contributed by atoms with van der Waals surface area (Å²) in [6.07, 6.45) is 7.41. The van der Waals surface area contributed by atoms with Crippen LogP contribution < -0.4 is 0 Å². The van der Waals surface area contributed by atoms with Crippen molar-refractivity contribution in [2.24, 2.45) is 38.9 Å². The Hall–Kier alpha value is -4.90. The van der Waals surface area contributed by atoms with Gasteiger partial charge in [0, 0.05) is 94.3 Å². The molecule has 1 N–H and O–H groups in total. The summed E-state index contributed by atoms with van der Waals surface area (Å²) in [6, 6.07) is 2.95. The monoisotopic (exact) mass is 1710 g/mol. The van der Waals surface area contributed by atoms with Crippen molar-refractivity contribution in [3.63, 3.8) is 0 Å². The summed E-state index contributed by atoms with van der Waals surface area (Å²) in [7, 11) is 7.06. The van der Waals surface area contributed by atoms with Crippen molar-refractivity contribution >= 4 is 88.5 Å². The fourth-order valence-electron chi connectivity index (χ4n) is 7.28. The minimum absolute atomic E-state index is 0.00604. The fraction of sp³-hybridized carbons (Fsp3) is 0.838. The molecule has 0 bridgehead atoms. The number of aliphatic hydroxyl groups excluding tert-OH is 1. The highest BCUT2D eigenvalue weighted by Gasteiger charge is 2.39. The summed E-state index contributed by atoms with van der Waals surface area (Å²) < 4.78 is 103. The van der Waals surface area contributed by atoms with Crippen LogP contribution in [-0.2, 0) is 135 Å². The molecule has 0 spiro atoms. The maximum atomic E-state index is 11.7. The number of hydrogen-bond acceptors (Lipinski definition) is 30. The smallest absolute Gasteiger partial charge is 0.465 e. The average Bonchev–Trinajstić information content (AvgIpc) is 1.71. The third-order valence-electron chi connectivity index (χ3n) is 19.4. The van der Waals surface area contributed by atoms with Gasteiger partial charge in [0.25, 0.3) is 0 Å². The van der Waals surface area contributed by atoms with Crippen LogP contribution in [0.1, 0.15) is 216 Å². The van der Waals surface area contributed by atoms with Crippen molar-refractivity contribution in [1.29, 1.82) is 0 Å². The van der Waals surface area contributed by atoms with E-state index in [1.807, 2.05) is 131 Å². The van der Waals surface area contributed by atoms with E-state index in [2.05, 4.69) is 13.2 Å². The van der Waals surface area contributed by atoms with E-state index < -0.39 is 69.0 Å². The highest BCUT2D eigenvalue weighted by Crippen LogP contribution is 2.27. The summed E-state index contributed by atoms with van der Waals surface area (Å²) in [4.78, 5) is 103. The number of esters is 9. The van der Waals surface area contributed by atoms with Gasteiger partial charge in [0.1, 0.15) is 45.2 Å². The molecule has 1 rings (SSSR count). The van der Waals surface area contributed by atoms with Crippen LogP contribution in [0.15, 0.2) is 24.3 Å². The van der Waals surface area contributed by atoms with E-state index in [9.17, 15) is 48.3 Å². The molecule has 1 aliphatic heterocycles. The summed E-state index contributed by atoms with van der Waals surface area (Å²) in [5.41, 5.74) is -1.63. The molecular formula is C80H158O30Si4. The maximum Gasteiger partial charge on any atom is 0.500 e. The van der Waals surface area contributed by atoms with Gasteiger partial charge >= 0.3 is 88.5 Å². The first-order valence-corrected chi connectivity index (χ1v) is 48.4. The van der Waals surface area contributed by atoms with E-state index in [-0.39, 0.29) is 103 Å². The van der Waals surface area contributed by atoms with Crippen molar-refractivity contribution in [1.82, 2.24) is 0 Å². The standard InChI is InChI=1S/C13H22O5.C12H26O5Si.C12H26O4Si.C12H20O4.C11H24O5Si.C11H24O4Si.C9H16O3/c1-6-13(4,5)12(16)18-8-10(14)7-17-11(15)9(2)3;1-7-12(2,3)11(13)17-9-8-10-18(14-4,15-5)16-6;1-7-12(2,3)11(13)16-9-8-10-17(6,14-4)15-5;1-6-12(4,5)11(14)16-8-7-15-10(13)9(2)3;1-6-10(2)11(12)16-8-7-9-17(13-3,14-4)15-5;1-6-10(2)11(12)15-8-7-9-16(5,13-3)14-4;1-4-9(2,3)8(10)12-6-7-5-11-7/h10,14H,2,6-8H2,1,3-5H3;7-10H2,1-6H3;7-10H2,1-6H3;2,6-8H2,1,3-5H3;10H,6-9H2,1-5H3;10H,6-9H2,1-5H3;7H,4-6H2,1-3H3. The molecule has 0 aromatic heterocycles. The lowest BCUT2D eigenvalue weighted by Gasteiger charge is -2.24. The van der Waals surface area contributed by atoms with Crippen LogP contribution in [0.3, 0.4) is 0 Å². The predicted molar refractivity (Wildman–Crippen MR) is 446 cm³/mol. The largest absolute Gasteiger partial charge is 0.500 e. The molecule has 0 aromatic carbocycles. The van der Waals surface area contributed by atoms with Crippen molar-refractivity contribution in [3.05, 3.63) is 24.3 Å². The predicted octanol–water partition coefficient (Wildman–Crippen LogP) is 14.0. The van der Waals surface area contributed by atoms with Crippen LogP contribution in [0.2, 0.25) is 37.3 Å². The highest BCUT2D eigenvalue weighted by molar-refractivity contribution is 6.66. The molecule has 1 fully saturated rings. The van der Waals surface area contributed by atoms with Crippen LogP contribution in [0.5, 0.6) is 0 Å². The first-order chi connectivity index (χ1) is 52.8. The minimum atomic E-state index is -2.53. The van der Waals surface area contributed by atoms with E-state index in [0.29, 0.717) is 76.4 Å². The average molecular weight is 1710 g/mol. The molecule has 4 unspecified atom stereocenters. The van der Waals surface area contributed by atoms with Crippen LogP contribution >= 0.6 is 0 Å². The van der Waals surface area contributed by atoms with E-state index in [4.69, 9.17) is 91.6 Å². The number of aliphatic hydroxyl groups is 1. The zero-order chi connectivity index (χ0) is 90.0. The van der Waals surface area contributed by atoms with E-state index in [0.717, 1.165) is 63.6 Å². The molecule has 674 valence electrons. The number of rotatable bonds is 51. The Balaban J connectivity index is -0.000000299. The van der Waals surface area contributed by atoms with E-state index in [1.165, 1.54) is 6.92 Å². The van der Waals surface area contributed by atoms with Crippen LogP contribution in [0.4, 0.5) is 0 Å². The molecule has 0 aliphatic carbocycles. The number of ether oxygens (including phenoxy) is 10. The first kappa shape index (κ1) is 120. The molecule has 1 aliphatic rings. The molecule has 4 atom stereocenters. The maximum absolute atomic E-state index is 11.7. The molecule has 114 heavy (non-hydrogen) atoms. The molecule has 34 heteroatoms. The summed E-state index contributed by atoms with van der Waals surface area (Å²) >= 11 is 0. The van der Waals surface area contributed by atoms with Gasteiger partial charge in [-0.2, -0.15) is 0 Å². The Morgan fingerprint density at radius 2 is 0.623 bits per heavy atom. The first-order valence-electron chi connectivity index (χ1n) is 39.4. The SMILES string of the molecule is C=C(C)C(=O)OCC(O)COC(=O)C(C)(C)CC.C=C(C)C(=O)OCCOC(=O)C(C)(C)CC.CCC(C)(C)C(=O)OCC1CO1.CCC(C)(C)C(=O)OCCC[Si](C)(OC)OC.CCC(C)(C)C(=O)OCCC[Si](OC)(OC)OC.CCC(C)C(=O)OCCC[Si](C)(OC)OC.CCC(C)C(=O)OCCC[Si](OC)(OC)OC. The van der Waals surface area contributed by atoms with Crippen LogP contribution in [0, 0.1) is 38.9 Å². The minimum Gasteiger partial charge on any atom is -0.465 e. The van der Waals surface area contributed by atoms with Crippen LogP contribution in [-0.4, -0.2) is 243 Å². The third kappa shape index (κ3) is 55.7. The quantitative estimate of drug-likeness (QED) is 0.0148. The third-order valence-corrected chi connectivity index (χ3v) is 31.1. The molecule has 30 nitrogen and oxygen atoms in total. The summed E-state index contributed by atoms with van der Waals surface area (Å²) in [6.45, 7) is 52.4. The lowest BCUT2D eigenvalue weighted by molar-refractivity contribution is -0.159. The Bertz CT molecular complexity index is 2650. The van der Waals surface area contributed by atoms with Gasteiger partial charge in [0.2, 0.25) is 0 Å². The van der Waals surface area contributed by atoms with Gasteiger partial charge in [-0.05, 0) is 179 Å². The molecular weight excluding hydrogens is 1550 g/mol. The summed E-state index contributed by atoms with van der Waals surface area (Å²) in [5, 5.41) is 9.48. The normalized spacial score (nSPS) is 13.6. The zero-order valence-electron chi connectivity index (χ0n) is 76.7. The Morgan fingerprint density at radius 3 is 0.886 bits per heavy atom. The molecule has 0 aromatic rings. The Kier molecular flexibility index (Phi) is 67.4. The fourth-order valence-corrected chi connectivity index (χ4v) is 13.4. The number of hydrogen-bond donors (Lipinski definition) is 1. The Labute approximate surface area is 690 Å². The molecule has 0 radical (unpaired) electrons. The van der Waals surface area contributed by atoms with Gasteiger partial charge in [-0.1, -0.05) is 75.5 Å². The van der Waals surface area contributed by atoms with Crippen molar-refractivity contribution in [2.75, 3.05) is 137 Å². The van der Waals surface area contributed by atoms with E-state index in [1.54, 1.807) is 91.9 Å². The van der Waals surface area contributed by atoms with E-state index >= 15 is 0 Å².